The van der Waals surface area contributed by atoms with Gasteiger partial charge in [0.15, 0.2) is 5.16 Å². The summed E-state index contributed by atoms with van der Waals surface area (Å²) in [6, 6.07) is 7.31. The van der Waals surface area contributed by atoms with Gasteiger partial charge in [0.25, 0.3) is 0 Å². The number of hydrogen-bond donors (Lipinski definition) is 2. The summed E-state index contributed by atoms with van der Waals surface area (Å²) in [5.74, 6) is 0. The highest BCUT2D eigenvalue weighted by Crippen LogP contribution is 2.29. The van der Waals surface area contributed by atoms with Crippen LogP contribution in [-0.2, 0) is 6.54 Å². The standard InChI is InChI=1S/C13H12ClN3O2S/c1-20-12-15-6-9(8-4-2-3-5-10(8)14)11(17-12)7-16-13(18)19/h2-6,16H,7H2,1H3,(H,18,19). The van der Waals surface area contributed by atoms with Gasteiger partial charge in [0.1, 0.15) is 0 Å². The molecule has 1 aromatic carbocycles. The molecule has 1 aromatic heterocycles. The minimum absolute atomic E-state index is 0.103. The number of carbonyl (C=O) groups is 1. The zero-order valence-corrected chi connectivity index (χ0v) is 12.2. The van der Waals surface area contributed by atoms with Crippen molar-refractivity contribution >= 4 is 29.5 Å². The van der Waals surface area contributed by atoms with Gasteiger partial charge in [0, 0.05) is 22.3 Å². The molecule has 0 saturated heterocycles. The van der Waals surface area contributed by atoms with E-state index in [-0.39, 0.29) is 6.54 Å². The maximum absolute atomic E-state index is 10.7. The second kappa shape index (κ2) is 6.58. The highest BCUT2D eigenvalue weighted by atomic mass is 35.5. The molecule has 0 atom stereocenters. The quantitative estimate of drug-likeness (QED) is 0.669. The van der Waals surface area contributed by atoms with Crippen molar-refractivity contribution in [3.8, 4) is 11.1 Å². The smallest absolute Gasteiger partial charge is 0.404 e. The third kappa shape index (κ3) is 3.40. The Bertz CT molecular complexity index is 637. The van der Waals surface area contributed by atoms with Crippen molar-refractivity contribution in [3.05, 3.63) is 41.2 Å². The number of benzene rings is 1. The molecule has 0 bridgehead atoms. The maximum Gasteiger partial charge on any atom is 0.404 e. The van der Waals surface area contributed by atoms with E-state index in [4.69, 9.17) is 16.7 Å². The molecular weight excluding hydrogens is 298 g/mol. The molecule has 2 aromatic rings. The van der Waals surface area contributed by atoms with Crippen LogP contribution in [0.3, 0.4) is 0 Å². The van der Waals surface area contributed by atoms with E-state index >= 15 is 0 Å². The fraction of sp³-hybridized carbons (Fsp3) is 0.154. The van der Waals surface area contributed by atoms with Crippen molar-refractivity contribution in [1.29, 1.82) is 0 Å². The largest absolute Gasteiger partial charge is 0.465 e. The predicted octanol–water partition coefficient (Wildman–Crippen LogP) is 3.29. The van der Waals surface area contributed by atoms with Crippen LogP contribution in [0.5, 0.6) is 0 Å². The Morgan fingerprint density at radius 3 is 2.80 bits per heavy atom. The van der Waals surface area contributed by atoms with Gasteiger partial charge in [-0.3, -0.25) is 0 Å². The highest BCUT2D eigenvalue weighted by molar-refractivity contribution is 7.98. The van der Waals surface area contributed by atoms with Gasteiger partial charge in [-0.15, -0.1) is 0 Å². The third-order valence-corrected chi connectivity index (χ3v) is 3.49. The van der Waals surface area contributed by atoms with E-state index in [2.05, 4.69) is 15.3 Å². The van der Waals surface area contributed by atoms with Crippen LogP contribution in [-0.4, -0.2) is 27.4 Å². The van der Waals surface area contributed by atoms with Crippen molar-refractivity contribution in [2.45, 2.75) is 11.7 Å². The molecule has 0 aliphatic carbocycles. The zero-order chi connectivity index (χ0) is 14.5. The van der Waals surface area contributed by atoms with E-state index in [9.17, 15) is 4.79 Å². The summed E-state index contributed by atoms with van der Waals surface area (Å²) in [5.41, 5.74) is 2.10. The first-order valence-electron chi connectivity index (χ1n) is 5.73. The van der Waals surface area contributed by atoms with E-state index in [1.54, 1.807) is 12.3 Å². The van der Waals surface area contributed by atoms with E-state index < -0.39 is 6.09 Å². The van der Waals surface area contributed by atoms with Gasteiger partial charge in [0.05, 0.1) is 12.2 Å². The Labute approximate surface area is 125 Å². The number of rotatable bonds is 4. The molecule has 7 heteroatoms. The number of hydrogen-bond acceptors (Lipinski definition) is 4. The van der Waals surface area contributed by atoms with Crippen LogP contribution >= 0.6 is 23.4 Å². The number of aromatic nitrogens is 2. The average Bonchev–Trinajstić information content (AvgIpc) is 2.45. The summed E-state index contributed by atoms with van der Waals surface area (Å²) < 4.78 is 0. The van der Waals surface area contributed by atoms with Crippen LogP contribution in [0.15, 0.2) is 35.6 Å². The molecule has 5 nitrogen and oxygen atoms in total. The van der Waals surface area contributed by atoms with Gasteiger partial charge in [-0.05, 0) is 12.3 Å². The summed E-state index contributed by atoms with van der Waals surface area (Å²) in [6.45, 7) is 0.103. The van der Waals surface area contributed by atoms with Crippen LogP contribution in [0.2, 0.25) is 5.02 Å². The van der Waals surface area contributed by atoms with Crippen LogP contribution in [0.25, 0.3) is 11.1 Å². The number of carboxylic acid groups (broad SMARTS) is 1. The molecule has 104 valence electrons. The summed E-state index contributed by atoms with van der Waals surface area (Å²) >= 11 is 7.56. The van der Waals surface area contributed by atoms with Gasteiger partial charge in [0.2, 0.25) is 0 Å². The maximum atomic E-state index is 10.7. The fourth-order valence-corrected chi connectivity index (χ4v) is 2.29. The first-order valence-corrected chi connectivity index (χ1v) is 7.33. The molecule has 1 heterocycles. The van der Waals surface area contributed by atoms with Crippen LogP contribution in [0.1, 0.15) is 5.69 Å². The average molecular weight is 310 g/mol. The normalized spacial score (nSPS) is 10.3. The van der Waals surface area contributed by atoms with Crippen LogP contribution in [0, 0.1) is 0 Å². The first-order chi connectivity index (χ1) is 9.61. The summed E-state index contributed by atoms with van der Waals surface area (Å²) in [7, 11) is 0. The van der Waals surface area contributed by atoms with Gasteiger partial charge in [-0.25, -0.2) is 14.8 Å². The van der Waals surface area contributed by atoms with Crippen molar-refractivity contribution in [3.63, 3.8) is 0 Å². The minimum atomic E-state index is -1.10. The molecule has 0 saturated carbocycles. The number of amides is 1. The SMILES string of the molecule is CSc1ncc(-c2ccccc2Cl)c(CNC(=O)O)n1. The Morgan fingerprint density at radius 2 is 2.15 bits per heavy atom. The molecule has 2 N–H and O–H groups in total. The van der Waals surface area contributed by atoms with Gasteiger partial charge >= 0.3 is 6.09 Å². The molecule has 0 aliphatic rings. The van der Waals surface area contributed by atoms with E-state index in [1.165, 1.54) is 11.8 Å². The number of nitrogens with one attached hydrogen (secondary N) is 1. The Morgan fingerprint density at radius 1 is 1.40 bits per heavy atom. The lowest BCUT2D eigenvalue weighted by Crippen LogP contribution is -2.21. The number of halogens is 1. The zero-order valence-electron chi connectivity index (χ0n) is 10.6. The van der Waals surface area contributed by atoms with Crippen molar-refractivity contribution < 1.29 is 9.90 Å². The van der Waals surface area contributed by atoms with Gasteiger partial charge in [-0.1, -0.05) is 41.6 Å². The van der Waals surface area contributed by atoms with E-state index in [0.717, 1.165) is 11.1 Å². The van der Waals surface area contributed by atoms with Crippen LogP contribution < -0.4 is 5.32 Å². The summed E-state index contributed by atoms with van der Waals surface area (Å²) in [6.07, 6.45) is 2.43. The van der Waals surface area contributed by atoms with Crippen molar-refractivity contribution in [2.75, 3.05) is 6.26 Å². The van der Waals surface area contributed by atoms with Crippen LogP contribution in [0.4, 0.5) is 4.79 Å². The monoisotopic (exact) mass is 309 g/mol. The molecule has 2 rings (SSSR count). The van der Waals surface area contributed by atoms with Gasteiger partial charge in [-0.2, -0.15) is 0 Å². The Hall–Kier alpha value is -1.79. The number of nitrogens with zero attached hydrogens (tertiary/aromatic N) is 2. The van der Waals surface area contributed by atoms with Crippen molar-refractivity contribution in [1.82, 2.24) is 15.3 Å². The minimum Gasteiger partial charge on any atom is -0.465 e. The third-order valence-electron chi connectivity index (χ3n) is 2.60. The number of thioether (sulfide) groups is 1. The highest BCUT2D eigenvalue weighted by Gasteiger charge is 2.12. The summed E-state index contributed by atoms with van der Waals surface area (Å²) in [4.78, 5) is 19.2. The summed E-state index contributed by atoms with van der Waals surface area (Å²) in [5, 5.41) is 12.2. The topological polar surface area (TPSA) is 75.1 Å². The van der Waals surface area contributed by atoms with Gasteiger partial charge < -0.3 is 10.4 Å². The van der Waals surface area contributed by atoms with Crippen molar-refractivity contribution in [2.24, 2.45) is 0 Å². The van der Waals surface area contributed by atoms with E-state index in [0.29, 0.717) is 15.9 Å². The lowest BCUT2D eigenvalue weighted by atomic mass is 10.1. The second-order valence-electron chi connectivity index (χ2n) is 3.86. The first kappa shape index (κ1) is 14.6. The second-order valence-corrected chi connectivity index (χ2v) is 5.04. The molecule has 0 unspecified atom stereocenters. The lowest BCUT2D eigenvalue weighted by molar-refractivity contribution is 0.194. The fourth-order valence-electron chi connectivity index (χ4n) is 1.70. The Kier molecular flexibility index (Phi) is 4.81. The molecule has 1 amide bonds. The molecular formula is C13H12ClN3O2S. The molecule has 0 fully saturated rings. The molecule has 0 radical (unpaired) electrons. The predicted molar refractivity (Wildman–Crippen MR) is 79.1 cm³/mol. The van der Waals surface area contributed by atoms with E-state index in [1.807, 2.05) is 24.5 Å². The molecule has 20 heavy (non-hydrogen) atoms. The molecule has 0 aliphatic heterocycles. The Balaban J connectivity index is 2.46. The molecule has 0 spiro atoms. The lowest BCUT2D eigenvalue weighted by Gasteiger charge is -2.11.